The number of carbonyl (C=O) groups excluding carboxylic acids is 3. The molecule has 1 aromatic rings. The number of nitrogens with two attached hydrogens (primary N) is 1. The average molecular weight is 438 g/mol. The Morgan fingerprint density at radius 1 is 1.43 bits per heavy atom. The van der Waals surface area contributed by atoms with Gasteiger partial charge in [0.05, 0.1) is 11.3 Å². The van der Waals surface area contributed by atoms with Gasteiger partial charge in [-0.3, -0.25) is 19.5 Å². The highest BCUT2D eigenvalue weighted by molar-refractivity contribution is 7.94. The van der Waals surface area contributed by atoms with E-state index in [0.29, 0.717) is 12.2 Å². The van der Waals surface area contributed by atoms with Crippen LogP contribution in [0.2, 0.25) is 0 Å². The number of esters is 1. The van der Waals surface area contributed by atoms with Gasteiger partial charge in [-0.25, -0.2) is 13.2 Å². The zero-order valence-corrected chi connectivity index (χ0v) is 17.4. The first-order valence-corrected chi connectivity index (χ1v) is 10.5. The van der Waals surface area contributed by atoms with Gasteiger partial charge < -0.3 is 20.5 Å². The lowest BCUT2D eigenvalue weighted by Crippen LogP contribution is -2.58. The van der Waals surface area contributed by atoms with Gasteiger partial charge in [-0.05, 0) is 37.7 Å². The molecule has 30 heavy (non-hydrogen) atoms. The van der Waals surface area contributed by atoms with E-state index in [4.69, 9.17) is 15.2 Å². The van der Waals surface area contributed by atoms with Crippen LogP contribution >= 0.6 is 0 Å². The zero-order valence-electron chi connectivity index (χ0n) is 16.6. The van der Waals surface area contributed by atoms with E-state index in [1.165, 1.54) is 13.0 Å². The molecule has 2 saturated heterocycles. The first-order valence-electron chi connectivity index (χ1n) is 8.99. The summed E-state index contributed by atoms with van der Waals surface area (Å²) in [7, 11) is -2.38. The van der Waals surface area contributed by atoms with E-state index in [2.05, 4.69) is 10.3 Å². The third kappa shape index (κ3) is 3.41. The summed E-state index contributed by atoms with van der Waals surface area (Å²) in [6.45, 7) is 2.23. The van der Waals surface area contributed by atoms with Crippen molar-refractivity contribution in [3.8, 4) is 0 Å². The molecule has 162 valence electrons. The maximum Gasteiger partial charge on any atom is 0.404 e. The lowest BCUT2D eigenvalue weighted by atomic mass is 10.00. The van der Waals surface area contributed by atoms with E-state index in [9.17, 15) is 22.8 Å². The predicted octanol–water partition coefficient (Wildman–Crippen LogP) is -0.476. The molecule has 0 bridgehead atoms. The Morgan fingerprint density at radius 2 is 2.13 bits per heavy atom. The number of rotatable bonds is 6. The number of aromatic nitrogens is 1. The van der Waals surface area contributed by atoms with Gasteiger partial charge in [-0.1, -0.05) is 0 Å². The van der Waals surface area contributed by atoms with Crippen LogP contribution in [-0.4, -0.2) is 66.3 Å². The number of pyridine rings is 1. The van der Waals surface area contributed by atoms with Crippen molar-refractivity contribution in [2.75, 3.05) is 13.7 Å². The monoisotopic (exact) mass is 438 g/mol. The molecule has 2 aliphatic rings. The number of sulfone groups is 1. The summed E-state index contributed by atoms with van der Waals surface area (Å²) in [6, 6.07) is 3.51. The van der Waals surface area contributed by atoms with Crippen LogP contribution in [0.15, 0.2) is 23.9 Å². The number of β-lactam (4-membered cyclic amide) rings is 1. The summed E-state index contributed by atoms with van der Waals surface area (Å²) in [5.74, 6) is -1.40. The van der Waals surface area contributed by atoms with Gasteiger partial charge in [-0.2, -0.15) is 0 Å². The highest BCUT2D eigenvalue weighted by Gasteiger charge is 2.72. The molecule has 12 heteroatoms. The van der Waals surface area contributed by atoms with Crippen LogP contribution in [0.4, 0.5) is 4.79 Å². The molecule has 0 saturated carbocycles. The summed E-state index contributed by atoms with van der Waals surface area (Å²) < 4.78 is 34.6. The smallest absolute Gasteiger partial charge is 0.404 e. The van der Waals surface area contributed by atoms with Gasteiger partial charge in [0.15, 0.2) is 20.0 Å². The third-order valence-electron chi connectivity index (χ3n) is 5.03. The quantitative estimate of drug-likeness (QED) is 0.340. The second kappa shape index (κ2) is 7.69. The second-order valence-corrected chi connectivity index (χ2v) is 9.68. The lowest BCUT2D eigenvalue weighted by Gasteiger charge is -2.38. The summed E-state index contributed by atoms with van der Waals surface area (Å²) in [6.07, 6.45) is 0.300. The van der Waals surface area contributed by atoms with Gasteiger partial charge in [0.1, 0.15) is 6.61 Å². The molecular weight excluding hydrogens is 416 g/mol. The minimum Gasteiger partial charge on any atom is -0.448 e. The Morgan fingerprint density at radius 3 is 2.73 bits per heavy atom. The standard InChI is InChI=1S/C18H22N4O7S/c1-10(23)29-16-18(2,9-28-17(19)25)30(26,27)15-13(14(24)22(15)16)7-12-6-11(8-20-3)4-5-21-12/h4-7,15-16,20H,8-9H2,1-3H3,(H2,19,25)/b13-7-/t15-,16+,18+/m1/s1. The third-order valence-corrected chi connectivity index (χ3v) is 7.72. The summed E-state index contributed by atoms with van der Waals surface area (Å²) in [4.78, 5) is 40.6. The number of fused-ring (bicyclic) bond motifs is 1. The van der Waals surface area contributed by atoms with E-state index >= 15 is 0 Å². The summed E-state index contributed by atoms with van der Waals surface area (Å²) in [5, 5.41) is 1.63. The SMILES string of the molecule is CNCc1ccnc(/C=C2/C(=O)N3[C@@H](OC(C)=O)[C@](C)(COC(N)=O)S(=O)(=O)[C@H]23)c1. The molecule has 0 radical (unpaired) electrons. The van der Waals surface area contributed by atoms with Gasteiger partial charge in [0.2, 0.25) is 6.23 Å². The van der Waals surface area contributed by atoms with Crippen LogP contribution in [0.1, 0.15) is 25.1 Å². The maximum absolute atomic E-state index is 13.3. The number of primary amides is 1. The van der Waals surface area contributed by atoms with Crippen molar-refractivity contribution in [1.29, 1.82) is 0 Å². The molecule has 0 spiro atoms. The van der Waals surface area contributed by atoms with Gasteiger partial charge in [-0.15, -0.1) is 0 Å². The second-order valence-electron chi connectivity index (χ2n) is 7.21. The fraction of sp³-hybridized carbons (Fsp3) is 0.444. The number of hydrogen-bond acceptors (Lipinski definition) is 9. The average Bonchev–Trinajstić information content (AvgIpc) is 2.81. The van der Waals surface area contributed by atoms with Crippen molar-refractivity contribution in [3.05, 3.63) is 35.2 Å². The Labute approximate surface area is 173 Å². The molecular formula is C18H22N4O7S. The maximum atomic E-state index is 13.3. The van der Waals surface area contributed by atoms with Crippen molar-refractivity contribution < 1.29 is 32.3 Å². The minimum atomic E-state index is -4.15. The molecule has 11 nitrogen and oxygen atoms in total. The predicted molar refractivity (Wildman–Crippen MR) is 104 cm³/mol. The highest BCUT2D eigenvalue weighted by atomic mass is 32.2. The zero-order chi connectivity index (χ0) is 22.3. The van der Waals surface area contributed by atoms with Crippen molar-refractivity contribution >= 4 is 33.9 Å². The number of nitrogens with zero attached hydrogens (tertiary/aromatic N) is 2. The molecule has 2 aliphatic heterocycles. The van der Waals surface area contributed by atoms with E-state index in [0.717, 1.165) is 17.4 Å². The Kier molecular flexibility index (Phi) is 5.56. The molecule has 1 aromatic heterocycles. The van der Waals surface area contributed by atoms with Crippen LogP contribution in [0.3, 0.4) is 0 Å². The Balaban J connectivity index is 2.02. The molecule has 3 N–H and O–H groups in total. The summed E-state index contributed by atoms with van der Waals surface area (Å²) in [5.41, 5.74) is 6.27. The first-order chi connectivity index (χ1) is 14.0. The van der Waals surface area contributed by atoms with E-state index in [1.54, 1.807) is 25.4 Å². The fourth-order valence-corrected chi connectivity index (χ4v) is 5.75. The largest absolute Gasteiger partial charge is 0.448 e. The minimum absolute atomic E-state index is 0.0101. The fourth-order valence-electron chi connectivity index (χ4n) is 3.57. The van der Waals surface area contributed by atoms with Crippen molar-refractivity contribution in [2.24, 2.45) is 5.73 Å². The van der Waals surface area contributed by atoms with Crippen LogP contribution < -0.4 is 11.1 Å². The molecule has 3 atom stereocenters. The normalized spacial score (nSPS) is 28.0. The topological polar surface area (TPSA) is 158 Å². The first kappa shape index (κ1) is 21.7. The van der Waals surface area contributed by atoms with Crippen molar-refractivity contribution in [3.63, 3.8) is 0 Å². The van der Waals surface area contributed by atoms with Crippen molar-refractivity contribution in [1.82, 2.24) is 15.2 Å². The molecule has 3 rings (SSSR count). The molecule has 3 heterocycles. The molecule has 0 unspecified atom stereocenters. The number of carbonyl (C=O) groups is 3. The van der Waals surface area contributed by atoms with E-state index < -0.39 is 50.8 Å². The van der Waals surface area contributed by atoms with Gasteiger partial charge in [0.25, 0.3) is 5.91 Å². The van der Waals surface area contributed by atoms with Gasteiger partial charge >= 0.3 is 12.1 Å². The number of hydrogen-bond donors (Lipinski definition) is 2. The van der Waals surface area contributed by atoms with E-state index in [-0.39, 0.29) is 5.57 Å². The van der Waals surface area contributed by atoms with Crippen LogP contribution in [-0.2, 0) is 35.4 Å². The summed E-state index contributed by atoms with van der Waals surface area (Å²) >= 11 is 0. The molecule has 0 aliphatic carbocycles. The molecule has 2 amide bonds. The Hall–Kier alpha value is -2.99. The lowest BCUT2D eigenvalue weighted by molar-refractivity contribution is -0.168. The van der Waals surface area contributed by atoms with Crippen LogP contribution in [0.25, 0.3) is 6.08 Å². The van der Waals surface area contributed by atoms with Crippen molar-refractivity contribution in [2.45, 2.75) is 36.7 Å². The highest BCUT2D eigenvalue weighted by Crippen LogP contribution is 2.49. The van der Waals surface area contributed by atoms with Crippen LogP contribution in [0.5, 0.6) is 0 Å². The number of ether oxygens (including phenoxy) is 2. The van der Waals surface area contributed by atoms with Crippen LogP contribution in [0, 0.1) is 0 Å². The number of amides is 2. The van der Waals surface area contributed by atoms with Gasteiger partial charge in [0, 0.05) is 19.7 Å². The number of nitrogens with one attached hydrogen (secondary N) is 1. The Bertz CT molecular complexity index is 1040. The molecule has 0 aromatic carbocycles. The van der Waals surface area contributed by atoms with E-state index in [1.807, 2.05) is 0 Å². The molecule has 2 fully saturated rings.